The van der Waals surface area contributed by atoms with E-state index in [2.05, 4.69) is 0 Å². The Bertz CT molecular complexity index is 416. The Morgan fingerprint density at radius 3 is 2.60 bits per heavy atom. The van der Waals surface area contributed by atoms with Crippen LogP contribution in [-0.4, -0.2) is 32.4 Å². The van der Waals surface area contributed by atoms with Gasteiger partial charge in [-0.05, 0) is 12.1 Å². The summed E-state index contributed by atoms with van der Waals surface area (Å²) >= 11 is 6.76. The highest BCUT2D eigenvalue weighted by molar-refractivity contribution is 7.91. The quantitative estimate of drug-likeness (QED) is 0.877. The van der Waals surface area contributed by atoms with Gasteiger partial charge in [-0.3, -0.25) is 0 Å². The zero-order valence-corrected chi connectivity index (χ0v) is 10.7. The monoisotopic (exact) mass is 268 g/mol. The molecule has 1 heterocycles. The minimum Gasteiger partial charge on any atom is -0.329 e. The summed E-state index contributed by atoms with van der Waals surface area (Å²) in [5.41, 5.74) is 5.36. The molecule has 0 saturated carbocycles. The zero-order chi connectivity index (χ0) is 11.5. The summed E-state index contributed by atoms with van der Waals surface area (Å²) in [7, 11) is -3.41. The van der Waals surface area contributed by atoms with Crippen molar-refractivity contribution in [3.05, 3.63) is 16.5 Å². The molecule has 86 valence electrons. The van der Waals surface area contributed by atoms with Gasteiger partial charge in [0, 0.05) is 19.6 Å². The van der Waals surface area contributed by atoms with Crippen molar-refractivity contribution in [1.29, 1.82) is 0 Å². The van der Waals surface area contributed by atoms with Crippen LogP contribution in [0, 0.1) is 0 Å². The summed E-state index contributed by atoms with van der Waals surface area (Å²) in [4.78, 5) is 0. The van der Waals surface area contributed by atoms with Crippen LogP contribution in [0.5, 0.6) is 0 Å². The molecule has 4 nitrogen and oxygen atoms in total. The van der Waals surface area contributed by atoms with E-state index in [1.54, 1.807) is 13.0 Å². The van der Waals surface area contributed by atoms with Crippen LogP contribution in [0.1, 0.15) is 6.92 Å². The highest BCUT2D eigenvalue weighted by atomic mass is 35.5. The average Bonchev–Trinajstić information content (AvgIpc) is 2.61. The number of sulfonamides is 1. The minimum atomic E-state index is -3.41. The summed E-state index contributed by atoms with van der Waals surface area (Å²) < 4.78 is 26.1. The molecule has 1 rings (SSSR count). The second kappa shape index (κ2) is 5.27. The van der Waals surface area contributed by atoms with Crippen molar-refractivity contribution in [1.82, 2.24) is 4.31 Å². The lowest BCUT2D eigenvalue weighted by atomic mass is 10.6. The zero-order valence-electron chi connectivity index (χ0n) is 8.31. The maximum absolute atomic E-state index is 12.0. The molecule has 0 unspecified atom stereocenters. The Kier molecular flexibility index (Phi) is 4.54. The van der Waals surface area contributed by atoms with Gasteiger partial charge in [0.2, 0.25) is 0 Å². The van der Waals surface area contributed by atoms with Crippen molar-refractivity contribution in [2.75, 3.05) is 19.6 Å². The van der Waals surface area contributed by atoms with Gasteiger partial charge in [0.05, 0.1) is 4.34 Å². The lowest BCUT2D eigenvalue weighted by Gasteiger charge is -2.18. The van der Waals surface area contributed by atoms with Crippen LogP contribution in [0.3, 0.4) is 0 Å². The molecule has 0 amide bonds. The molecular weight excluding hydrogens is 256 g/mol. The number of nitrogens with zero attached hydrogens (tertiary/aromatic N) is 1. The van der Waals surface area contributed by atoms with E-state index in [0.717, 1.165) is 11.3 Å². The Morgan fingerprint density at radius 2 is 2.20 bits per heavy atom. The van der Waals surface area contributed by atoms with E-state index >= 15 is 0 Å². The molecule has 1 aromatic heterocycles. The van der Waals surface area contributed by atoms with E-state index in [-0.39, 0.29) is 4.21 Å². The van der Waals surface area contributed by atoms with Crippen LogP contribution in [0.25, 0.3) is 0 Å². The predicted octanol–water partition coefficient (Wildman–Crippen LogP) is 1.37. The standard InChI is InChI=1S/C8H13ClN2O2S2/c1-2-11(6-5-10)15(12,13)8-4-3-7(9)14-8/h3-4H,2,5-6,10H2,1H3. The van der Waals surface area contributed by atoms with Crippen molar-refractivity contribution in [3.63, 3.8) is 0 Å². The predicted molar refractivity (Wildman–Crippen MR) is 62.8 cm³/mol. The van der Waals surface area contributed by atoms with Crippen molar-refractivity contribution in [2.45, 2.75) is 11.1 Å². The summed E-state index contributed by atoms with van der Waals surface area (Å²) in [5.74, 6) is 0. The highest BCUT2D eigenvalue weighted by Gasteiger charge is 2.23. The molecule has 1 aromatic rings. The molecule has 0 atom stereocenters. The summed E-state index contributed by atoms with van der Waals surface area (Å²) in [6, 6.07) is 3.09. The first-order valence-corrected chi connectivity index (χ1v) is 7.11. The van der Waals surface area contributed by atoms with E-state index < -0.39 is 10.0 Å². The van der Waals surface area contributed by atoms with Gasteiger partial charge < -0.3 is 5.73 Å². The number of thiophene rings is 1. The molecule has 0 saturated heterocycles. The molecule has 0 aromatic carbocycles. The Morgan fingerprint density at radius 1 is 1.53 bits per heavy atom. The van der Waals surface area contributed by atoms with Crippen LogP contribution < -0.4 is 5.73 Å². The first-order chi connectivity index (χ1) is 7.02. The number of hydrogen-bond donors (Lipinski definition) is 1. The average molecular weight is 269 g/mol. The molecule has 15 heavy (non-hydrogen) atoms. The molecular formula is C8H13ClN2O2S2. The van der Waals surface area contributed by atoms with Crippen LogP contribution in [0.2, 0.25) is 4.34 Å². The maximum Gasteiger partial charge on any atom is 0.252 e. The SMILES string of the molecule is CCN(CCN)S(=O)(=O)c1ccc(Cl)s1. The maximum atomic E-state index is 12.0. The second-order valence-electron chi connectivity index (χ2n) is 2.84. The fourth-order valence-corrected chi connectivity index (χ4v) is 4.26. The van der Waals surface area contributed by atoms with E-state index in [4.69, 9.17) is 17.3 Å². The third kappa shape index (κ3) is 2.92. The van der Waals surface area contributed by atoms with Crippen molar-refractivity contribution < 1.29 is 8.42 Å². The third-order valence-corrected chi connectivity index (χ3v) is 5.55. The molecule has 0 spiro atoms. The highest BCUT2D eigenvalue weighted by Crippen LogP contribution is 2.27. The Hall–Kier alpha value is -0.140. The molecule has 2 N–H and O–H groups in total. The van der Waals surface area contributed by atoms with E-state index in [1.165, 1.54) is 10.4 Å². The summed E-state index contributed by atoms with van der Waals surface area (Å²) in [6.45, 7) is 2.83. The van der Waals surface area contributed by atoms with Crippen molar-refractivity contribution in [3.8, 4) is 0 Å². The van der Waals surface area contributed by atoms with Gasteiger partial charge in [-0.2, -0.15) is 4.31 Å². The number of hydrogen-bond acceptors (Lipinski definition) is 4. The van der Waals surface area contributed by atoms with E-state index in [0.29, 0.717) is 24.0 Å². The summed E-state index contributed by atoms with van der Waals surface area (Å²) in [5, 5.41) is 0. The Labute approximate surface area is 98.7 Å². The second-order valence-corrected chi connectivity index (χ2v) is 6.72. The number of nitrogens with two attached hydrogens (primary N) is 1. The lowest BCUT2D eigenvalue weighted by Crippen LogP contribution is -2.34. The molecule has 0 radical (unpaired) electrons. The topological polar surface area (TPSA) is 63.4 Å². The van der Waals surface area contributed by atoms with Crippen molar-refractivity contribution >= 4 is 33.0 Å². The largest absolute Gasteiger partial charge is 0.329 e. The minimum absolute atomic E-state index is 0.266. The first kappa shape index (κ1) is 12.9. The smallest absolute Gasteiger partial charge is 0.252 e. The number of likely N-dealkylation sites (N-methyl/N-ethyl adjacent to an activating group) is 1. The van der Waals surface area contributed by atoms with Gasteiger partial charge in [0.1, 0.15) is 4.21 Å². The molecule has 0 aliphatic rings. The van der Waals surface area contributed by atoms with E-state index in [9.17, 15) is 8.42 Å². The molecule has 0 bridgehead atoms. The van der Waals surface area contributed by atoms with Gasteiger partial charge >= 0.3 is 0 Å². The van der Waals surface area contributed by atoms with Gasteiger partial charge in [0.25, 0.3) is 10.0 Å². The molecule has 0 fully saturated rings. The van der Waals surface area contributed by atoms with Crippen LogP contribution >= 0.6 is 22.9 Å². The molecule has 7 heteroatoms. The van der Waals surface area contributed by atoms with Gasteiger partial charge in [-0.1, -0.05) is 18.5 Å². The summed E-state index contributed by atoms with van der Waals surface area (Å²) in [6.07, 6.45) is 0. The fraction of sp³-hybridized carbons (Fsp3) is 0.500. The van der Waals surface area contributed by atoms with E-state index in [1.807, 2.05) is 0 Å². The normalized spacial score (nSPS) is 12.3. The lowest BCUT2D eigenvalue weighted by molar-refractivity contribution is 0.437. The Balaban J connectivity index is 3.00. The van der Waals surface area contributed by atoms with Crippen LogP contribution in [0.4, 0.5) is 0 Å². The van der Waals surface area contributed by atoms with Gasteiger partial charge in [0.15, 0.2) is 0 Å². The number of halogens is 1. The molecule has 0 aliphatic carbocycles. The van der Waals surface area contributed by atoms with Crippen LogP contribution in [-0.2, 0) is 10.0 Å². The van der Waals surface area contributed by atoms with Crippen LogP contribution in [0.15, 0.2) is 16.3 Å². The third-order valence-electron chi connectivity index (χ3n) is 1.87. The molecule has 0 aliphatic heterocycles. The first-order valence-electron chi connectivity index (χ1n) is 4.48. The number of rotatable bonds is 5. The van der Waals surface area contributed by atoms with Crippen molar-refractivity contribution in [2.24, 2.45) is 5.73 Å². The van der Waals surface area contributed by atoms with Gasteiger partial charge in [-0.25, -0.2) is 8.42 Å². The fourth-order valence-electron chi connectivity index (χ4n) is 1.16. The van der Waals surface area contributed by atoms with Gasteiger partial charge in [-0.15, -0.1) is 11.3 Å².